The molecule has 3 aromatic rings. The van der Waals surface area contributed by atoms with Crippen LogP contribution in [-0.2, 0) is 9.59 Å². The minimum Gasteiger partial charge on any atom is -0.507 e. The number of rotatable bonds is 3. The first-order chi connectivity index (χ1) is 13.6. The van der Waals surface area contributed by atoms with Gasteiger partial charge in [-0.2, -0.15) is 0 Å². The van der Waals surface area contributed by atoms with Crippen molar-refractivity contribution in [1.29, 1.82) is 0 Å². The zero-order valence-electron chi connectivity index (χ0n) is 14.6. The average Bonchev–Trinajstić information content (AvgIpc) is 3.00. The summed E-state index contributed by atoms with van der Waals surface area (Å²) >= 11 is 6.00. The van der Waals surface area contributed by atoms with Gasteiger partial charge in [0, 0.05) is 16.8 Å². The zero-order valence-corrected chi connectivity index (χ0v) is 15.4. The van der Waals surface area contributed by atoms with Gasteiger partial charge in [-0.3, -0.25) is 14.5 Å². The summed E-state index contributed by atoms with van der Waals surface area (Å²) in [6.45, 7) is 0. The molecular formula is C22H15ClN2O3. The van der Waals surface area contributed by atoms with Crippen LogP contribution in [0.4, 0.5) is 5.82 Å². The number of Topliss-reactive ketones (excluding diaryl/α,β-unsaturated/α-hetero) is 1. The van der Waals surface area contributed by atoms with Crippen molar-refractivity contribution in [2.45, 2.75) is 6.04 Å². The molecule has 1 amide bonds. The zero-order chi connectivity index (χ0) is 19.7. The molecule has 0 radical (unpaired) electrons. The fraction of sp³-hybridized carbons (Fsp3) is 0.0455. The standard InChI is InChI=1S/C22H15ClN2O3/c23-16-11-9-14(10-12-16)19-18(20(26)15-6-2-1-3-7-15)21(27)22(28)25(19)17-8-4-5-13-24-17/h1-13,19,26H/b20-18+/t19-/m1/s1. The molecule has 1 aliphatic heterocycles. The van der Waals surface area contributed by atoms with Crippen molar-refractivity contribution in [2.75, 3.05) is 4.90 Å². The van der Waals surface area contributed by atoms with Crippen molar-refractivity contribution in [3.63, 3.8) is 0 Å². The molecule has 0 saturated carbocycles. The molecule has 138 valence electrons. The van der Waals surface area contributed by atoms with E-state index in [0.29, 0.717) is 22.0 Å². The van der Waals surface area contributed by atoms with E-state index >= 15 is 0 Å². The lowest BCUT2D eigenvalue weighted by Crippen LogP contribution is -2.30. The lowest BCUT2D eigenvalue weighted by Gasteiger charge is -2.24. The lowest BCUT2D eigenvalue weighted by molar-refractivity contribution is -0.132. The minimum absolute atomic E-state index is 0.0178. The molecule has 1 N–H and O–H groups in total. The Morgan fingerprint density at radius 1 is 0.929 bits per heavy atom. The van der Waals surface area contributed by atoms with Gasteiger partial charge in [0.1, 0.15) is 11.6 Å². The molecule has 1 saturated heterocycles. The first-order valence-electron chi connectivity index (χ1n) is 8.61. The van der Waals surface area contributed by atoms with Crippen LogP contribution in [0.5, 0.6) is 0 Å². The predicted molar refractivity (Wildman–Crippen MR) is 107 cm³/mol. The third kappa shape index (κ3) is 3.06. The van der Waals surface area contributed by atoms with E-state index in [9.17, 15) is 14.7 Å². The van der Waals surface area contributed by atoms with E-state index in [0.717, 1.165) is 0 Å². The van der Waals surface area contributed by atoms with Gasteiger partial charge < -0.3 is 5.11 Å². The van der Waals surface area contributed by atoms with E-state index in [1.807, 2.05) is 0 Å². The van der Waals surface area contributed by atoms with Crippen LogP contribution in [0.3, 0.4) is 0 Å². The van der Waals surface area contributed by atoms with Crippen LogP contribution in [0.25, 0.3) is 5.76 Å². The Morgan fingerprint density at radius 2 is 1.61 bits per heavy atom. The van der Waals surface area contributed by atoms with Gasteiger partial charge in [-0.15, -0.1) is 0 Å². The number of aliphatic hydroxyl groups is 1. The number of aromatic nitrogens is 1. The summed E-state index contributed by atoms with van der Waals surface area (Å²) in [7, 11) is 0. The Balaban J connectivity index is 1.95. The van der Waals surface area contributed by atoms with E-state index in [2.05, 4.69) is 4.98 Å². The van der Waals surface area contributed by atoms with E-state index in [1.165, 1.54) is 4.90 Å². The Labute approximate surface area is 166 Å². The molecule has 28 heavy (non-hydrogen) atoms. The van der Waals surface area contributed by atoms with Crippen LogP contribution < -0.4 is 4.90 Å². The van der Waals surface area contributed by atoms with Crippen LogP contribution in [0, 0.1) is 0 Å². The summed E-state index contributed by atoms with van der Waals surface area (Å²) in [5.41, 5.74) is 1.12. The molecule has 4 rings (SSSR count). The number of carbonyl (C=O) groups excluding carboxylic acids is 2. The highest BCUT2D eigenvalue weighted by atomic mass is 35.5. The number of hydrogen-bond acceptors (Lipinski definition) is 4. The van der Waals surface area contributed by atoms with Gasteiger partial charge in [-0.1, -0.05) is 60.1 Å². The molecule has 0 aliphatic carbocycles. The molecule has 1 fully saturated rings. The summed E-state index contributed by atoms with van der Waals surface area (Å²) in [6.07, 6.45) is 1.55. The van der Waals surface area contributed by atoms with Crippen molar-refractivity contribution >= 4 is 34.9 Å². The number of carbonyl (C=O) groups is 2. The van der Waals surface area contributed by atoms with E-state index in [4.69, 9.17) is 11.6 Å². The largest absolute Gasteiger partial charge is 0.507 e. The molecule has 1 aliphatic rings. The second-order valence-electron chi connectivity index (χ2n) is 6.27. The van der Waals surface area contributed by atoms with Crippen molar-refractivity contribution < 1.29 is 14.7 Å². The summed E-state index contributed by atoms with van der Waals surface area (Å²) in [6, 6.07) is 19.8. The summed E-state index contributed by atoms with van der Waals surface area (Å²) < 4.78 is 0. The van der Waals surface area contributed by atoms with Crippen molar-refractivity contribution in [1.82, 2.24) is 4.98 Å². The maximum Gasteiger partial charge on any atom is 0.301 e. The van der Waals surface area contributed by atoms with E-state index in [1.54, 1.807) is 79.0 Å². The molecule has 1 atom stereocenters. The third-order valence-electron chi connectivity index (χ3n) is 4.57. The maximum atomic E-state index is 12.9. The second kappa shape index (κ2) is 7.29. The molecule has 1 aromatic heterocycles. The summed E-state index contributed by atoms with van der Waals surface area (Å²) in [5, 5.41) is 11.4. The Hall–Kier alpha value is -3.44. The molecule has 0 unspecified atom stereocenters. The van der Waals surface area contributed by atoms with E-state index < -0.39 is 17.7 Å². The highest BCUT2D eigenvalue weighted by Gasteiger charge is 2.47. The molecule has 6 heteroatoms. The topological polar surface area (TPSA) is 70.5 Å². The van der Waals surface area contributed by atoms with Crippen molar-refractivity contribution in [2.24, 2.45) is 0 Å². The fourth-order valence-corrected chi connectivity index (χ4v) is 3.40. The SMILES string of the molecule is O=C1C(=O)N(c2ccccn2)[C@H](c2ccc(Cl)cc2)/C1=C(\O)c1ccccc1. The number of aliphatic hydroxyl groups excluding tert-OH is 1. The van der Waals surface area contributed by atoms with Gasteiger partial charge in [0.25, 0.3) is 5.78 Å². The molecule has 2 aromatic carbocycles. The smallest absolute Gasteiger partial charge is 0.301 e. The quantitative estimate of drug-likeness (QED) is 0.410. The van der Waals surface area contributed by atoms with Crippen LogP contribution >= 0.6 is 11.6 Å². The van der Waals surface area contributed by atoms with Crippen LogP contribution in [0.1, 0.15) is 17.2 Å². The van der Waals surface area contributed by atoms with Gasteiger partial charge in [-0.25, -0.2) is 4.98 Å². The average molecular weight is 391 g/mol. The molecule has 0 spiro atoms. The number of ketones is 1. The molecule has 0 bridgehead atoms. The number of anilines is 1. The summed E-state index contributed by atoms with van der Waals surface area (Å²) in [4.78, 5) is 31.3. The first kappa shape index (κ1) is 17.9. The predicted octanol–water partition coefficient (Wildman–Crippen LogP) is 4.36. The molecule has 5 nitrogen and oxygen atoms in total. The van der Waals surface area contributed by atoms with Gasteiger partial charge in [0.05, 0.1) is 11.6 Å². The fourth-order valence-electron chi connectivity index (χ4n) is 3.28. The van der Waals surface area contributed by atoms with E-state index in [-0.39, 0.29) is 11.3 Å². The summed E-state index contributed by atoms with van der Waals surface area (Å²) in [5.74, 6) is -1.39. The number of nitrogens with zero attached hydrogens (tertiary/aromatic N) is 2. The molecule has 2 heterocycles. The first-order valence-corrected chi connectivity index (χ1v) is 8.98. The highest BCUT2D eigenvalue weighted by molar-refractivity contribution is 6.51. The monoisotopic (exact) mass is 390 g/mol. The van der Waals surface area contributed by atoms with Crippen LogP contribution in [0.15, 0.2) is 84.6 Å². The number of amides is 1. The second-order valence-corrected chi connectivity index (χ2v) is 6.71. The highest BCUT2D eigenvalue weighted by Crippen LogP contribution is 2.41. The normalized spacial score (nSPS) is 18.5. The van der Waals surface area contributed by atoms with Crippen LogP contribution in [0.2, 0.25) is 5.02 Å². The minimum atomic E-state index is -0.813. The molecular weight excluding hydrogens is 376 g/mol. The Bertz CT molecular complexity index is 1060. The number of pyridine rings is 1. The number of halogens is 1. The van der Waals surface area contributed by atoms with Gasteiger partial charge in [0.15, 0.2) is 0 Å². The number of benzene rings is 2. The van der Waals surface area contributed by atoms with Gasteiger partial charge in [-0.05, 0) is 29.8 Å². The van der Waals surface area contributed by atoms with Crippen molar-refractivity contribution in [3.05, 3.63) is 101 Å². The maximum absolute atomic E-state index is 12.9. The Kier molecular flexibility index (Phi) is 4.67. The Morgan fingerprint density at radius 3 is 2.25 bits per heavy atom. The van der Waals surface area contributed by atoms with Gasteiger partial charge in [0.2, 0.25) is 0 Å². The van der Waals surface area contributed by atoms with Crippen molar-refractivity contribution in [3.8, 4) is 0 Å². The number of hydrogen-bond donors (Lipinski definition) is 1. The van der Waals surface area contributed by atoms with Gasteiger partial charge >= 0.3 is 5.91 Å². The lowest BCUT2D eigenvalue weighted by atomic mass is 9.95. The third-order valence-corrected chi connectivity index (χ3v) is 4.83. The van der Waals surface area contributed by atoms with Crippen LogP contribution in [-0.4, -0.2) is 21.8 Å².